The highest BCUT2D eigenvalue weighted by Gasteiger charge is 2.27. The fourth-order valence-electron chi connectivity index (χ4n) is 2.82. The van der Waals surface area contributed by atoms with E-state index >= 15 is 0 Å². The van der Waals surface area contributed by atoms with E-state index in [4.69, 9.17) is 0 Å². The van der Waals surface area contributed by atoms with E-state index in [-0.39, 0.29) is 11.9 Å². The van der Waals surface area contributed by atoms with E-state index < -0.39 is 0 Å². The minimum absolute atomic E-state index is 0.000915. The molecule has 1 rings (SSSR count). The van der Waals surface area contributed by atoms with Crippen molar-refractivity contribution in [2.45, 2.75) is 66.0 Å². The van der Waals surface area contributed by atoms with Crippen LogP contribution in [0.1, 0.15) is 53.9 Å². The Balaban J connectivity index is 2.34. The zero-order chi connectivity index (χ0) is 15.8. The Hall–Kier alpha value is -0.610. The molecule has 4 nitrogen and oxygen atoms in total. The van der Waals surface area contributed by atoms with Gasteiger partial charge in [0.25, 0.3) is 0 Å². The second-order valence-corrected chi connectivity index (χ2v) is 7.22. The molecule has 0 spiro atoms. The summed E-state index contributed by atoms with van der Waals surface area (Å²) in [5.74, 6) is 1.50. The van der Waals surface area contributed by atoms with E-state index in [2.05, 4.69) is 43.2 Å². The first kappa shape index (κ1) is 18.4. The molecule has 1 heterocycles. The third-order valence-electron chi connectivity index (χ3n) is 4.31. The molecule has 21 heavy (non-hydrogen) atoms. The summed E-state index contributed by atoms with van der Waals surface area (Å²) >= 11 is 0. The molecule has 1 amide bonds. The monoisotopic (exact) mass is 297 g/mol. The predicted octanol–water partition coefficient (Wildman–Crippen LogP) is 2.25. The van der Waals surface area contributed by atoms with Crippen LogP contribution >= 0.6 is 0 Å². The van der Waals surface area contributed by atoms with E-state index in [0.717, 1.165) is 32.6 Å². The van der Waals surface area contributed by atoms with Gasteiger partial charge in [-0.2, -0.15) is 0 Å². The lowest BCUT2D eigenvalue weighted by Crippen LogP contribution is -2.50. The van der Waals surface area contributed by atoms with Crippen molar-refractivity contribution in [2.24, 2.45) is 11.8 Å². The topological polar surface area (TPSA) is 44.4 Å². The van der Waals surface area contributed by atoms with Crippen LogP contribution in [-0.2, 0) is 4.79 Å². The molecule has 1 saturated heterocycles. The third-order valence-corrected chi connectivity index (χ3v) is 4.31. The van der Waals surface area contributed by atoms with Crippen molar-refractivity contribution < 1.29 is 4.79 Å². The molecule has 0 bridgehead atoms. The maximum Gasteiger partial charge on any atom is 0.237 e. The summed E-state index contributed by atoms with van der Waals surface area (Å²) in [7, 11) is 0. The molecule has 0 saturated carbocycles. The summed E-state index contributed by atoms with van der Waals surface area (Å²) < 4.78 is 0. The highest BCUT2D eigenvalue weighted by Crippen LogP contribution is 2.18. The van der Waals surface area contributed by atoms with Crippen LogP contribution in [0.15, 0.2) is 0 Å². The fourth-order valence-corrected chi connectivity index (χ4v) is 2.82. The van der Waals surface area contributed by atoms with Gasteiger partial charge in [0.2, 0.25) is 5.91 Å². The van der Waals surface area contributed by atoms with Gasteiger partial charge in [-0.25, -0.2) is 0 Å². The smallest absolute Gasteiger partial charge is 0.237 e. The number of hydrogen-bond acceptors (Lipinski definition) is 3. The lowest BCUT2D eigenvalue weighted by atomic mass is 9.96. The second-order valence-electron chi connectivity index (χ2n) is 7.22. The zero-order valence-electron chi connectivity index (χ0n) is 14.6. The number of nitrogens with zero attached hydrogens (tertiary/aromatic N) is 1. The maximum absolute atomic E-state index is 12.2. The van der Waals surface area contributed by atoms with E-state index in [1.165, 1.54) is 12.8 Å². The molecule has 4 heteroatoms. The van der Waals surface area contributed by atoms with Crippen molar-refractivity contribution in [1.29, 1.82) is 0 Å². The summed E-state index contributed by atoms with van der Waals surface area (Å²) in [5, 5.41) is 6.60. The first-order valence-corrected chi connectivity index (χ1v) is 8.65. The zero-order valence-corrected chi connectivity index (χ0v) is 14.6. The van der Waals surface area contributed by atoms with Crippen molar-refractivity contribution in [2.75, 3.05) is 26.2 Å². The molecule has 1 aliphatic heterocycles. The van der Waals surface area contributed by atoms with Crippen molar-refractivity contribution in [1.82, 2.24) is 15.5 Å². The van der Waals surface area contributed by atoms with Crippen molar-refractivity contribution in [3.05, 3.63) is 0 Å². The first-order valence-electron chi connectivity index (χ1n) is 8.65. The molecule has 2 unspecified atom stereocenters. The third kappa shape index (κ3) is 7.28. The van der Waals surface area contributed by atoms with E-state index in [9.17, 15) is 4.79 Å². The lowest BCUT2D eigenvalue weighted by Gasteiger charge is -2.36. The van der Waals surface area contributed by atoms with Gasteiger partial charge in [0.05, 0.1) is 6.04 Å². The van der Waals surface area contributed by atoms with Gasteiger partial charge in [-0.1, -0.05) is 27.7 Å². The van der Waals surface area contributed by atoms with Crippen LogP contribution in [0.4, 0.5) is 0 Å². The van der Waals surface area contributed by atoms with Gasteiger partial charge in [0, 0.05) is 19.1 Å². The quantitative estimate of drug-likeness (QED) is 0.722. The van der Waals surface area contributed by atoms with E-state index in [1.807, 2.05) is 6.92 Å². The fraction of sp³-hybridized carbons (Fsp3) is 0.941. The largest absolute Gasteiger partial charge is 0.355 e. The van der Waals surface area contributed by atoms with Crippen LogP contribution in [0.3, 0.4) is 0 Å². The molecule has 0 radical (unpaired) electrons. The summed E-state index contributed by atoms with van der Waals surface area (Å²) in [5.41, 5.74) is 0. The van der Waals surface area contributed by atoms with Crippen LogP contribution in [-0.4, -0.2) is 49.1 Å². The normalized spacial score (nSPS) is 21.8. The SMILES string of the molecule is CC(C)CCNC(=O)C(C)N1CCCC(CNC(C)C)C1. The summed E-state index contributed by atoms with van der Waals surface area (Å²) in [6, 6.07) is 0.538. The summed E-state index contributed by atoms with van der Waals surface area (Å²) in [4.78, 5) is 14.6. The minimum Gasteiger partial charge on any atom is -0.355 e. The number of amides is 1. The lowest BCUT2D eigenvalue weighted by molar-refractivity contribution is -0.126. The van der Waals surface area contributed by atoms with E-state index in [0.29, 0.717) is 17.9 Å². The van der Waals surface area contributed by atoms with Gasteiger partial charge >= 0.3 is 0 Å². The Morgan fingerprint density at radius 2 is 1.95 bits per heavy atom. The standard InChI is InChI=1S/C17H35N3O/c1-13(2)8-9-18-17(21)15(5)20-10-6-7-16(12-20)11-19-14(3)4/h13-16,19H,6-12H2,1-5H3,(H,18,21). The Morgan fingerprint density at radius 1 is 1.24 bits per heavy atom. The molecular weight excluding hydrogens is 262 g/mol. The predicted molar refractivity (Wildman–Crippen MR) is 89.4 cm³/mol. The van der Waals surface area contributed by atoms with Gasteiger partial charge in [-0.15, -0.1) is 0 Å². The number of rotatable bonds is 8. The highest BCUT2D eigenvalue weighted by molar-refractivity contribution is 5.81. The number of likely N-dealkylation sites (tertiary alicyclic amines) is 1. The van der Waals surface area contributed by atoms with Crippen LogP contribution in [0.25, 0.3) is 0 Å². The average Bonchev–Trinajstić information content (AvgIpc) is 2.44. The van der Waals surface area contributed by atoms with Crippen molar-refractivity contribution in [3.8, 4) is 0 Å². The Bertz CT molecular complexity index is 304. The van der Waals surface area contributed by atoms with Gasteiger partial charge < -0.3 is 10.6 Å². The number of piperidine rings is 1. The number of carbonyl (C=O) groups excluding carboxylic acids is 1. The molecule has 124 valence electrons. The molecule has 0 aromatic heterocycles. The van der Waals surface area contributed by atoms with Crippen LogP contribution in [0.2, 0.25) is 0 Å². The minimum atomic E-state index is -0.000915. The Labute approximate surface area is 131 Å². The number of carbonyl (C=O) groups is 1. The first-order chi connectivity index (χ1) is 9.90. The maximum atomic E-state index is 12.2. The van der Waals surface area contributed by atoms with Gasteiger partial charge in [-0.05, 0) is 51.1 Å². The molecule has 0 aromatic carbocycles. The van der Waals surface area contributed by atoms with Crippen molar-refractivity contribution >= 4 is 5.91 Å². The summed E-state index contributed by atoms with van der Waals surface area (Å²) in [6.45, 7) is 14.7. The molecule has 1 fully saturated rings. The number of nitrogens with one attached hydrogen (secondary N) is 2. The van der Waals surface area contributed by atoms with E-state index in [1.54, 1.807) is 0 Å². The number of hydrogen-bond donors (Lipinski definition) is 2. The molecule has 2 N–H and O–H groups in total. The molecule has 1 aliphatic rings. The van der Waals surface area contributed by atoms with Crippen molar-refractivity contribution in [3.63, 3.8) is 0 Å². The summed E-state index contributed by atoms with van der Waals surface area (Å²) in [6.07, 6.45) is 3.53. The van der Waals surface area contributed by atoms with Crippen LogP contribution in [0.5, 0.6) is 0 Å². The second kappa shape index (κ2) is 9.42. The van der Waals surface area contributed by atoms with Gasteiger partial charge in [0.1, 0.15) is 0 Å². The molecule has 0 aromatic rings. The van der Waals surface area contributed by atoms with Gasteiger partial charge in [0.15, 0.2) is 0 Å². The Kier molecular flexibility index (Phi) is 8.27. The molecule has 2 atom stereocenters. The Morgan fingerprint density at radius 3 is 2.57 bits per heavy atom. The molecular formula is C17H35N3O. The van der Waals surface area contributed by atoms with Crippen LogP contribution in [0, 0.1) is 11.8 Å². The average molecular weight is 297 g/mol. The highest BCUT2D eigenvalue weighted by atomic mass is 16.2. The molecule has 0 aliphatic carbocycles. The van der Waals surface area contributed by atoms with Crippen LogP contribution < -0.4 is 10.6 Å². The van der Waals surface area contributed by atoms with Gasteiger partial charge in [-0.3, -0.25) is 9.69 Å².